The van der Waals surface area contributed by atoms with Crippen molar-refractivity contribution in [2.75, 3.05) is 5.32 Å². The monoisotopic (exact) mass is 460 g/mol. The first-order chi connectivity index (χ1) is 14.7. The molecular weight excluding hydrogens is 412 g/mol. The number of benzene rings is 1. The summed E-state index contributed by atoms with van der Waals surface area (Å²) in [6.07, 6.45) is 10.3. The molecular formula is C27H48N2O2Si. The van der Waals surface area contributed by atoms with Gasteiger partial charge in [0.1, 0.15) is 0 Å². The Morgan fingerprint density at radius 2 is 1.75 bits per heavy atom. The van der Waals surface area contributed by atoms with Gasteiger partial charge in [0.25, 0.3) is 0 Å². The van der Waals surface area contributed by atoms with Crippen molar-refractivity contribution < 1.29 is 9.22 Å². The summed E-state index contributed by atoms with van der Waals surface area (Å²) in [4.78, 5) is 11.6. The minimum atomic E-state index is -1.83. The van der Waals surface area contributed by atoms with E-state index >= 15 is 0 Å². The fourth-order valence-corrected chi connectivity index (χ4v) is 5.98. The van der Waals surface area contributed by atoms with Crippen molar-refractivity contribution in [3.63, 3.8) is 0 Å². The summed E-state index contributed by atoms with van der Waals surface area (Å²) >= 11 is 0. The molecule has 1 aromatic rings. The van der Waals surface area contributed by atoms with Crippen molar-refractivity contribution in [1.29, 1.82) is 0 Å². The van der Waals surface area contributed by atoms with Crippen LogP contribution >= 0.6 is 0 Å². The lowest BCUT2D eigenvalue weighted by atomic mass is 9.83. The lowest BCUT2D eigenvalue weighted by Gasteiger charge is -2.40. The second-order valence-electron chi connectivity index (χ2n) is 12.4. The lowest BCUT2D eigenvalue weighted by molar-refractivity contribution is 0.129. The summed E-state index contributed by atoms with van der Waals surface area (Å²) in [6, 6.07) is 5.95. The Bertz CT molecular complexity index is 756. The molecule has 1 saturated carbocycles. The molecule has 5 heteroatoms. The Kier molecular flexibility index (Phi) is 9.03. The molecule has 1 aliphatic rings. The zero-order valence-electron chi connectivity index (χ0n) is 21.9. The summed E-state index contributed by atoms with van der Waals surface area (Å²) in [7, 11) is -1.83. The molecule has 1 atom stereocenters. The van der Waals surface area contributed by atoms with Crippen LogP contribution in [0.2, 0.25) is 18.1 Å². The third kappa shape index (κ3) is 7.91. The minimum Gasteiger partial charge on any atom is -0.414 e. The van der Waals surface area contributed by atoms with Crippen molar-refractivity contribution >= 4 is 20.0 Å². The van der Waals surface area contributed by atoms with E-state index in [-0.39, 0.29) is 10.5 Å². The zero-order valence-corrected chi connectivity index (χ0v) is 22.9. The number of urea groups is 1. The van der Waals surface area contributed by atoms with Crippen LogP contribution in [0.3, 0.4) is 0 Å². The first-order valence-electron chi connectivity index (χ1n) is 12.6. The molecule has 0 saturated heterocycles. The van der Waals surface area contributed by atoms with Gasteiger partial charge in [0.15, 0.2) is 8.32 Å². The molecule has 2 amide bonds. The highest BCUT2D eigenvalue weighted by Gasteiger charge is 2.39. The predicted octanol–water partition coefficient (Wildman–Crippen LogP) is 7.77. The van der Waals surface area contributed by atoms with Gasteiger partial charge in [0.05, 0.1) is 0 Å². The highest BCUT2D eigenvalue weighted by molar-refractivity contribution is 6.74. The molecule has 0 radical (unpaired) electrons. The van der Waals surface area contributed by atoms with E-state index in [0.717, 1.165) is 30.0 Å². The largest absolute Gasteiger partial charge is 0.414 e. The standard InChI is InChI=1S/C27H48N2O2Si/c1-26(2,3)23-17-15-21(19-24(23)29-25(28)30)14-16-22(18-20-12-10-9-11-13-20)31-32(7,8)27(4,5)6/h15,17,19-20,22H,9-14,16,18H2,1-8H3,(H3,28,29,30). The maximum atomic E-state index is 11.6. The molecule has 0 aromatic heterocycles. The molecule has 1 aromatic carbocycles. The Morgan fingerprint density at radius 1 is 1.12 bits per heavy atom. The average molecular weight is 461 g/mol. The average Bonchev–Trinajstić information content (AvgIpc) is 2.64. The third-order valence-corrected chi connectivity index (χ3v) is 12.0. The van der Waals surface area contributed by atoms with Crippen molar-refractivity contribution in [2.45, 2.75) is 123 Å². The lowest BCUT2D eigenvalue weighted by Crippen LogP contribution is -2.44. The molecule has 182 valence electrons. The van der Waals surface area contributed by atoms with E-state index in [9.17, 15) is 4.79 Å². The Hall–Kier alpha value is -1.33. The molecule has 2 rings (SSSR count). The van der Waals surface area contributed by atoms with E-state index in [2.05, 4.69) is 78.2 Å². The first-order valence-corrected chi connectivity index (χ1v) is 15.5. The van der Waals surface area contributed by atoms with Gasteiger partial charge in [-0.2, -0.15) is 0 Å². The number of anilines is 1. The first kappa shape index (κ1) is 26.9. The van der Waals surface area contributed by atoms with E-state index in [0.29, 0.717) is 6.10 Å². The van der Waals surface area contributed by atoms with Crippen LogP contribution in [0.15, 0.2) is 18.2 Å². The van der Waals surface area contributed by atoms with E-state index < -0.39 is 14.3 Å². The normalized spacial score (nSPS) is 17.2. The number of nitrogens with one attached hydrogen (secondary N) is 1. The fraction of sp³-hybridized carbons (Fsp3) is 0.741. The van der Waals surface area contributed by atoms with E-state index in [1.54, 1.807) is 0 Å². The number of rotatable bonds is 8. The predicted molar refractivity (Wildman–Crippen MR) is 140 cm³/mol. The highest BCUT2D eigenvalue weighted by atomic mass is 28.4. The van der Waals surface area contributed by atoms with Crippen LogP contribution in [-0.2, 0) is 16.3 Å². The SMILES string of the molecule is CC(C)(C)c1ccc(CCC(CC2CCCCC2)O[Si](C)(C)C(C)(C)C)cc1NC(N)=O. The molecule has 0 aliphatic heterocycles. The second-order valence-corrected chi connectivity index (χ2v) is 17.2. The Balaban J connectivity index is 2.18. The van der Waals surface area contributed by atoms with Gasteiger partial charge in [-0.25, -0.2) is 4.79 Å². The van der Waals surface area contributed by atoms with Gasteiger partial charge in [-0.3, -0.25) is 0 Å². The van der Waals surface area contributed by atoms with Gasteiger partial charge < -0.3 is 15.5 Å². The number of carbonyl (C=O) groups excluding carboxylic acids is 1. The summed E-state index contributed by atoms with van der Waals surface area (Å²) < 4.78 is 6.95. The molecule has 0 spiro atoms. The maximum Gasteiger partial charge on any atom is 0.316 e. The van der Waals surface area contributed by atoms with E-state index in [1.165, 1.54) is 44.1 Å². The fourth-order valence-electron chi connectivity index (χ4n) is 4.58. The molecule has 3 N–H and O–H groups in total. The Morgan fingerprint density at radius 3 is 2.28 bits per heavy atom. The maximum absolute atomic E-state index is 11.6. The second kappa shape index (κ2) is 10.7. The van der Waals surface area contributed by atoms with Crippen LogP contribution in [0, 0.1) is 5.92 Å². The summed E-state index contributed by atoms with van der Waals surface area (Å²) in [5, 5.41) is 3.06. The molecule has 1 fully saturated rings. The van der Waals surface area contributed by atoms with Gasteiger partial charge in [0, 0.05) is 11.8 Å². The third-order valence-electron chi connectivity index (χ3n) is 7.49. The quantitative estimate of drug-likeness (QED) is 0.389. The van der Waals surface area contributed by atoms with Gasteiger partial charge in [-0.1, -0.05) is 85.8 Å². The summed E-state index contributed by atoms with van der Waals surface area (Å²) in [5.74, 6) is 0.800. The smallest absolute Gasteiger partial charge is 0.316 e. The molecule has 32 heavy (non-hydrogen) atoms. The number of hydrogen-bond acceptors (Lipinski definition) is 2. The number of amides is 2. The van der Waals surface area contributed by atoms with Crippen LogP contribution in [0.5, 0.6) is 0 Å². The topological polar surface area (TPSA) is 64.3 Å². The highest BCUT2D eigenvalue weighted by Crippen LogP contribution is 2.39. The van der Waals surface area contributed by atoms with Gasteiger partial charge >= 0.3 is 6.03 Å². The van der Waals surface area contributed by atoms with Gasteiger partial charge in [-0.15, -0.1) is 0 Å². The van der Waals surface area contributed by atoms with Crippen LogP contribution < -0.4 is 11.1 Å². The number of nitrogens with two attached hydrogens (primary N) is 1. The van der Waals surface area contributed by atoms with Crippen molar-refractivity contribution in [2.24, 2.45) is 11.7 Å². The number of carbonyl (C=O) groups is 1. The molecule has 1 aliphatic carbocycles. The summed E-state index contributed by atoms with van der Waals surface area (Å²) in [5.41, 5.74) is 8.56. The number of hydrogen-bond donors (Lipinski definition) is 2. The van der Waals surface area contributed by atoms with Gasteiger partial charge in [-0.05, 0) is 65.9 Å². The molecule has 0 heterocycles. The van der Waals surface area contributed by atoms with Gasteiger partial charge in [0.2, 0.25) is 0 Å². The van der Waals surface area contributed by atoms with Crippen LogP contribution in [0.4, 0.5) is 10.5 Å². The van der Waals surface area contributed by atoms with Crippen LogP contribution in [-0.4, -0.2) is 20.5 Å². The van der Waals surface area contributed by atoms with Crippen molar-refractivity contribution in [3.05, 3.63) is 29.3 Å². The van der Waals surface area contributed by atoms with Crippen molar-refractivity contribution in [1.82, 2.24) is 0 Å². The molecule has 0 bridgehead atoms. The number of aryl methyl sites for hydroxylation is 1. The Labute approximate surface area is 198 Å². The molecule has 4 nitrogen and oxygen atoms in total. The molecule has 1 unspecified atom stereocenters. The van der Waals surface area contributed by atoms with E-state index in [4.69, 9.17) is 10.2 Å². The van der Waals surface area contributed by atoms with E-state index in [1.807, 2.05) is 0 Å². The van der Waals surface area contributed by atoms with Crippen LogP contribution in [0.25, 0.3) is 0 Å². The zero-order chi connectivity index (χ0) is 24.2. The van der Waals surface area contributed by atoms with Crippen LogP contribution in [0.1, 0.15) is 97.6 Å². The summed E-state index contributed by atoms with van der Waals surface area (Å²) in [6.45, 7) is 18.2. The minimum absolute atomic E-state index is 0.0642. The number of primary amides is 1. The van der Waals surface area contributed by atoms with Crippen molar-refractivity contribution in [3.8, 4) is 0 Å².